The number of ether oxygens (including phenoxy) is 1. The second kappa shape index (κ2) is 8.51. The first-order valence-corrected chi connectivity index (χ1v) is 8.52. The monoisotopic (exact) mass is 359 g/mol. The lowest BCUT2D eigenvalue weighted by Gasteiger charge is -2.26. The Morgan fingerprint density at radius 3 is 2.54 bits per heavy atom. The molecule has 0 unspecified atom stereocenters. The van der Waals surface area contributed by atoms with Crippen LogP contribution in [-0.2, 0) is 6.54 Å². The summed E-state index contributed by atoms with van der Waals surface area (Å²) in [4.78, 5) is 30.8. The molecule has 0 aliphatic carbocycles. The molecule has 1 heterocycles. The van der Waals surface area contributed by atoms with Crippen LogP contribution in [0, 0.1) is 0 Å². The fourth-order valence-corrected chi connectivity index (χ4v) is 2.43. The predicted octanol–water partition coefficient (Wildman–Crippen LogP) is 2.87. The van der Waals surface area contributed by atoms with E-state index in [1.807, 2.05) is 33.8 Å². The highest BCUT2D eigenvalue weighted by Crippen LogP contribution is 2.21. The van der Waals surface area contributed by atoms with Gasteiger partial charge in [0.25, 0.3) is 11.8 Å². The average Bonchev–Trinajstić information content (AvgIpc) is 3.07. The SMILES string of the molecule is COc1ccccc1C(=O)N(Cc1nc(C(=O)NC(C)C)co1)C(C)C. The van der Waals surface area contributed by atoms with Crippen molar-refractivity contribution >= 4 is 11.8 Å². The Balaban J connectivity index is 2.20. The Labute approximate surface area is 153 Å². The van der Waals surface area contributed by atoms with E-state index in [-0.39, 0.29) is 36.1 Å². The zero-order valence-corrected chi connectivity index (χ0v) is 15.8. The lowest BCUT2D eigenvalue weighted by atomic mass is 10.1. The van der Waals surface area contributed by atoms with E-state index in [0.717, 1.165) is 0 Å². The third-order valence-electron chi connectivity index (χ3n) is 3.73. The third-order valence-corrected chi connectivity index (χ3v) is 3.73. The fraction of sp³-hybridized carbons (Fsp3) is 0.421. The van der Waals surface area contributed by atoms with E-state index in [4.69, 9.17) is 9.15 Å². The van der Waals surface area contributed by atoms with Crippen molar-refractivity contribution in [1.82, 2.24) is 15.2 Å². The largest absolute Gasteiger partial charge is 0.496 e. The van der Waals surface area contributed by atoms with Gasteiger partial charge in [-0.15, -0.1) is 0 Å². The van der Waals surface area contributed by atoms with Crippen LogP contribution in [-0.4, -0.2) is 40.9 Å². The number of aromatic nitrogens is 1. The molecule has 1 aromatic heterocycles. The molecule has 0 aliphatic rings. The number of methoxy groups -OCH3 is 1. The number of oxazole rings is 1. The maximum atomic E-state index is 13.0. The van der Waals surface area contributed by atoms with E-state index in [2.05, 4.69) is 10.3 Å². The van der Waals surface area contributed by atoms with Gasteiger partial charge in [-0.25, -0.2) is 4.98 Å². The number of benzene rings is 1. The molecule has 0 fully saturated rings. The number of carbonyl (C=O) groups is 2. The van der Waals surface area contributed by atoms with Gasteiger partial charge in [0.05, 0.1) is 19.2 Å². The van der Waals surface area contributed by atoms with Crippen molar-refractivity contribution in [2.24, 2.45) is 0 Å². The molecule has 140 valence electrons. The summed E-state index contributed by atoms with van der Waals surface area (Å²) in [6, 6.07) is 6.96. The summed E-state index contributed by atoms with van der Waals surface area (Å²) in [6.07, 6.45) is 1.30. The molecule has 7 nitrogen and oxygen atoms in total. The number of hydrogen-bond acceptors (Lipinski definition) is 5. The van der Waals surface area contributed by atoms with Gasteiger partial charge in [-0.05, 0) is 39.8 Å². The summed E-state index contributed by atoms with van der Waals surface area (Å²) < 4.78 is 10.7. The first-order valence-electron chi connectivity index (χ1n) is 8.52. The molecule has 1 aromatic carbocycles. The molecule has 0 aliphatic heterocycles. The smallest absolute Gasteiger partial charge is 0.273 e. The van der Waals surface area contributed by atoms with E-state index in [1.54, 1.807) is 23.1 Å². The van der Waals surface area contributed by atoms with Crippen molar-refractivity contribution in [2.45, 2.75) is 46.3 Å². The third kappa shape index (κ3) is 4.62. The number of amides is 2. The van der Waals surface area contributed by atoms with Gasteiger partial charge in [0.1, 0.15) is 12.0 Å². The number of para-hydroxylation sites is 1. The van der Waals surface area contributed by atoms with E-state index in [1.165, 1.54) is 13.4 Å². The van der Waals surface area contributed by atoms with Crippen LogP contribution in [0.4, 0.5) is 0 Å². The van der Waals surface area contributed by atoms with Crippen molar-refractivity contribution in [1.29, 1.82) is 0 Å². The summed E-state index contributed by atoms with van der Waals surface area (Å²) in [7, 11) is 1.53. The standard InChI is InChI=1S/C19H25N3O4/c1-12(2)20-18(23)15-11-26-17(21-15)10-22(13(3)4)19(24)14-8-6-7-9-16(14)25-5/h6-9,11-13H,10H2,1-5H3,(H,20,23). The van der Waals surface area contributed by atoms with Crippen LogP contribution in [0.5, 0.6) is 5.75 Å². The van der Waals surface area contributed by atoms with Gasteiger partial charge in [0.2, 0.25) is 5.89 Å². The van der Waals surface area contributed by atoms with Gasteiger partial charge in [-0.3, -0.25) is 9.59 Å². The molecule has 0 radical (unpaired) electrons. The van der Waals surface area contributed by atoms with Crippen LogP contribution in [0.3, 0.4) is 0 Å². The lowest BCUT2D eigenvalue weighted by Crippen LogP contribution is -2.36. The van der Waals surface area contributed by atoms with Gasteiger partial charge in [0, 0.05) is 12.1 Å². The Bertz CT molecular complexity index is 768. The molecule has 7 heteroatoms. The number of rotatable bonds is 7. The fourth-order valence-electron chi connectivity index (χ4n) is 2.43. The van der Waals surface area contributed by atoms with Crippen molar-refractivity contribution in [3.05, 3.63) is 47.7 Å². The molecule has 2 aromatic rings. The first kappa shape index (κ1) is 19.5. The van der Waals surface area contributed by atoms with Gasteiger partial charge in [-0.1, -0.05) is 12.1 Å². The quantitative estimate of drug-likeness (QED) is 0.822. The number of hydrogen-bond donors (Lipinski definition) is 1. The predicted molar refractivity (Wildman–Crippen MR) is 97.1 cm³/mol. The van der Waals surface area contributed by atoms with Crippen molar-refractivity contribution < 1.29 is 18.7 Å². The number of carbonyl (C=O) groups excluding carboxylic acids is 2. The van der Waals surface area contributed by atoms with Crippen molar-refractivity contribution in [2.75, 3.05) is 7.11 Å². The van der Waals surface area contributed by atoms with Crippen LogP contribution < -0.4 is 10.1 Å². The molecular formula is C19H25N3O4. The minimum Gasteiger partial charge on any atom is -0.496 e. The summed E-state index contributed by atoms with van der Waals surface area (Å²) >= 11 is 0. The average molecular weight is 359 g/mol. The Hall–Kier alpha value is -2.83. The minimum absolute atomic E-state index is 0.00179. The second-order valence-electron chi connectivity index (χ2n) is 6.48. The Morgan fingerprint density at radius 2 is 1.92 bits per heavy atom. The Kier molecular flexibility index (Phi) is 6.38. The van der Waals surface area contributed by atoms with Gasteiger partial charge < -0.3 is 19.4 Å². The Morgan fingerprint density at radius 1 is 1.23 bits per heavy atom. The zero-order chi connectivity index (χ0) is 19.3. The van der Waals surface area contributed by atoms with Crippen LogP contribution in [0.1, 0.15) is 54.4 Å². The molecule has 1 N–H and O–H groups in total. The highest BCUT2D eigenvalue weighted by molar-refractivity contribution is 5.97. The molecule has 0 spiro atoms. The highest BCUT2D eigenvalue weighted by Gasteiger charge is 2.24. The highest BCUT2D eigenvalue weighted by atomic mass is 16.5. The van der Waals surface area contributed by atoms with Gasteiger partial charge >= 0.3 is 0 Å². The summed E-state index contributed by atoms with van der Waals surface area (Å²) in [5.74, 6) is 0.314. The molecule has 2 rings (SSSR count). The number of nitrogens with one attached hydrogen (secondary N) is 1. The number of nitrogens with zero attached hydrogens (tertiary/aromatic N) is 2. The first-order chi connectivity index (χ1) is 12.3. The maximum Gasteiger partial charge on any atom is 0.273 e. The molecule has 0 saturated heterocycles. The van der Waals surface area contributed by atoms with Gasteiger partial charge in [0.15, 0.2) is 5.69 Å². The van der Waals surface area contributed by atoms with Crippen LogP contribution in [0.2, 0.25) is 0 Å². The van der Waals surface area contributed by atoms with Crippen LogP contribution in [0.25, 0.3) is 0 Å². The van der Waals surface area contributed by atoms with E-state index in [9.17, 15) is 9.59 Å². The van der Waals surface area contributed by atoms with Crippen molar-refractivity contribution in [3.8, 4) is 5.75 Å². The van der Waals surface area contributed by atoms with Gasteiger partial charge in [-0.2, -0.15) is 0 Å². The summed E-state index contributed by atoms with van der Waals surface area (Å²) in [5.41, 5.74) is 0.662. The van der Waals surface area contributed by atoms with E-state index in [0.29, 0.717) is 17.2 Å². The lowest BCUT2D eigenvalue weighted by molar-refractivity contribution is 0.0668. The molecule has 0 saturated carbocycles. The van der Waals surface area contributed by atoms with Crippen molar-refractivity contribution in [3.63, 3.8) is 0 Å². The second-order valence-corrected chi connectivity index (χ2v) is 6.48. The molecule has 2 amide bonds. The summed E-state index contributed by atoms with van der Waals surface area (Å²) in [6.45, 7) is 7.70. The molecule has 0 bridgehead atoms. The van der Waals surface area contributed by atoms with E-state index < -0.39 is 0 Å². The van der Waals surface area contributed by atoms with E-state index >= 15 is 0 Å². The molecule has 0 atom stereocenters. The normalized spacial score (nSPS) is 10.9. The summed E-state index contributed by atoms with van der Waals surface area (Å²) in [5, 5.41) is 2.75. The molecule has 26 heavy (non-hydrogen) atoms. The van der Waals surface area contributed by atoms with Crippen LogP contribution >= 0.6 is 0 Å². The minimum atomic E-state index is -0.304. The topological polar surface area (TPSA) is 84.7 Å². The molecular weight excluding hydrogens is 334 g/mol. The van der Waals surface area contributed by atoms with Crippen LogP contribution in [0.15, 0.2) is 34.9 Å². The zero-order valence-electron chi connectivity index (χ0n) is 15.8. The maximum absolute atomic E-state index is 13.0.